The van der Waals surface area contributed by atoms with Gasteiger partial charge in [0.2, 0.25) is 0 Å². The largest absolute Gasteiger partial charge is 0.465 e. The van der Waals surface area contributed by atoms with Crippen molar-refractivity contribution in [1.29, 1.82) is 0 Å². The van der Waals surface area contributed by atoms with Gasteiger partial charge < -0.3 is 24.9 Å². The van der Waals surface area contributed by atoms with Crippen molar-refractivity contribution in [2.75, 3.05) is 39.3 Å². The zero-order chi connectivity index (χ0) is 11.7. The van der Waals surface area contributed by atoms with Crippen molar-refractivity contribution in [3.63, 3.8) is 0 Å². The van der Waals surface area contributed by atoms with Gasteiger partial charge in [0.1, 0.15) is 0 Å². The molecule has 90 valence electrons. The zero-order valence-corrected chi connectivity index (χ0v) is 8.87. The lowest BCUT2D eigenvalue weighted by atomic mass is 10.2. The van der Waals surface area contributed by atoms with E-state index < -0.39 is 6.09 Å². The van der Waals surface area contributed by atoms with Crippen LogP contribution in [-0.4, -0.2) is 82.4 Å². The van der Waals surface area contributed by atoms with Gasteiger partial charge in [0.05, 0.1) is 12.6 Å². The summed E-state index contributed by atoms with van der Waals surface area (Å²) in [6.45, 7) is 1.93. The minimum atomic E-state index is -0.937. The molecule has 0 saturated carbocycles. The molecule has 0 spiro atoms. The fourth-order valence-corrected chi connectivity index (χ4v) is 2.26. The molecule has 0 aromatic rings. The van der Waals surface area contributed by atoms with E-state index in [1.807, 2.05) is 0 Å². The Bertz CT molecular complexity index is 309. The quantitative estimate of drug-likeness (QED) is 0.641. The highest BCUT2D eigenvalue weighted by Crippen LogP contribution is 2.20. The molecule has 1 unspecified atom stereocenters. The maximum atomic E-state index is 11.8. The number of fused-ring (bicyclic) bond motifs is 1. The van der Waals surface area contributed by atoms with Gasteiger partial charge >= 0.3 is 12.1 Å². The number of hydrogen-bond acceptors (Lipinski definition) is 3. The summed E-state index contributed by atoms with van der Waals surface area (Å²) in [5, 5.41) is 17.7. The minimum absolute atomic E-state index is 0.0606. The monoisotopic (exact) mass is 229 g/mol. The Hall–Kier alpha value is -1.50. The first-order valence-corrected chi connectivity index (χ1v) is 5.27. The fraction of sp³-hybridized carbons (Fsp3) is 0.778. The van der Waals surface area contributed by atoms with E-state index in [2.05, 4.69) is 0 Å². The van der Waals surface area contributed by atoms with Gasteiger partial charge in [-0.15, -0.1) is 0 Å². The van der Waals surface area contributed by atoms with Crippen molar-refractivity contribution < 1.29 is 19.8 Å². The van der Waals surface area contributed by atoms with Crippen molar-refractivity contribution >= 4 is 12.1 Å². The Morgan fingerprint density at radius 3 is 2.75 bits per heavy atom. The molecular weight excluding hydrogens is 214 g/mol. The third kappa shape index (κ3) is 1.78. The van der Waals surface area contributed by atoms with Crippen LogP contribution < -0.4 is 0 Å². The lowest BCUT2D eigenvalue weighted by Gasteiger charge is -2.34. The minimum Gasteiger partial charge on any atom is -0.465 e. The van der Waals surface area contributed by atoms with Gasteiger partial charge in [0.15, 0.2) is 0 Å². The predicted octanol–water partition coefficient (Wildman–Crippen LogP) is -0.921. The van der Waals surface area contributed by atoms with Crippen LogP contribution in [-0.2, 0) is 0 Å². The number of β-amino-alcohol motifs (C(OH)–C–C–N with tert-alkyl or cyclic N) is 1. The highest BCUT2D eigenvalue weighted by Gasteiger charge is 2.41. The Labute approximate surface area is 92.8 Å². The van der Waals surface area contributed by atoms with Crippen LogP contribution in [0.5, 0.6) is 0 Å². The van der Waals surface area contributed by atoms with E-state index in [1.165, 1.54) is 4.90 Å². The Kier molecular flexibility index (Phi) is 2.86. The molecule has 0 aromatic heterocycles. The first kappa shape index (κ1) is 11.0. The molecule has 1 atom stereocenters. The smallest absolute Gasteiger partial charge is 0.407 e. The molecule has 2 saturated heterocycles. The topological polar surface area (TPSA) is 84.3 Å². The standard InChI is InChI=1S/C9H15N3O4/c13-4-3-10-5-7-6-11(9(15)16)1-2-12(7)8(10)14/h7,13H,1-6H2,(H,15,16). The molecular formula is C9H15N3O4. The maximum absolute atomic E-state index is 11.8. The number of piperazine rings is 1. The van der Waals surface area contributed by atoms with Crippen molar-refractivity contribution in [2.45, 2.75) is 6.04 Å². The van der Waals surface area contributed by atoms with Crippen molar-refractivity contribution in [2.24, 2.45) is 0 Å². The summed E-state index contributed by atoms with van der Waals surface area (Å²) in [5.41, 5.74) is 0. The van der Waals surface area contributed by atoms with E-state index >= 15 is 0 Å². The fourth-order valence-electron chi connectivity index (χ4n) is 2.26. The third-order valence-electron chi connectivity index (χ3n) is 3.07. The van der Waals surface area contributed by atoms with Gasteiger partial charge in [0.25, 0.3) is 0 Å². The summed E-state index contributed by atoms with van der Waals surface area (Å²) < 4.78 is 0. The molecule has 0 radical (unpaired) electrons. The van der Waals surface area contributed by atoms with Gasteiger partial charge in [-0.3, -0.25) is 0 Å². The van der Waals surface area contributed by atoms with Gasteiger partial charge in [-0.25, -0.2) is 9.59 Å². The first-order valence-electron chi connectivity index (χ1n) is 5.27. The van der Waals surface area contributed by atoms with E-state index in [0.717, 1.165) is 0 Å². The molecule has 0 aromatic carbocycles. The van der Waals surface area contributed by atoms with Crippen LogP contribution in [0.4, 0.5) is 9.59 Å². The normalized spacial score (nSPS) is 24.9. The summed E-state index contributed by atoms with van der Waals surface area (Å²) in [6, 6.07) is -0.159. The molecule has 0 bridgehead atoms. The number of carbonyl (C=O) groups excluding carboxylic acids is 1. The van der Waals surface area contributed by atoms with E-state index in [4.69, 9.17) is 10.2 Å². The van der Waals surface area contributed by atoms with E-state index in [1.54, 1.807) is 9.80 Å². The molecule has 7 heteroatoms. The number of hydrogen-bond donors (Lipinski definition) is 2. The molecule has 2 rings (SSSR count). The summed E-state index contributed by atoms with van der Waals surface area (Å²) in [6.07, 6.45) is -0.937. The Morgan fingerprint density at radius 1 is 1.38 bits per heavy atom. The second-order valence-corrected chi connectivity index (χ2v) is 4.03. The van der Waals surface area contributed by atoms with Crippen LogP contribution in [0.1, 0.15) is 0 Å². The number of carbonyl (C=O) groups is 2. The predicted molar refractivity (Wildman–Crippen MR) is 54.1 cm³/mol. The molecule has 2 heterocycles. The lowest BCUT2D eigenvalue weighted by molar-refractivity contribution is 0.0996. The molecule has 7 nitrogen and oxygen atoms in total. The van der Waals surface area contributed by atoms with E-state index in [9.17, 15) is 9.59 Å². The molecule has 2 fully saturated rings. The molecule has 2 N–H and O–H groups in total. The second-order valence-electron chi connectivity index (χ2n) is 4.03. The van der Waals surface area contributed by atoms with Crippen molar-refractivity contribution in [3.05, 3.63) is 0 Å². The highest BCUT2D eigenvalue weighted by molar-refractivity contribution is 5.78. The average Bonchev–Trinajstić information content (AvgIpc) is 2.56. The summed E-state index contributed by atoms with van der Waals surface area (Å²) >= 11 is 0. The van der Waals surface area contributed by atoms with Crippen LogP contribution in [0.2, 0.25) is 0 Å². The Balaban J connectivity index is 2.01. The van der Waals surface area contributed by atoms with Gasteiger partial charge in [0, 0.05) is 32.7 Å². The number of nitrogens with zero attached hydrogens (tertiary/aromatic N) is 3. The average molecular weight is 229 g/mol. The molecule has 3 amide bonds. The number of rotatable bonds is 2. The SMILES string of the molecule is O=C(O)N1CCN2C(=O)N(CCO)CC2C1. The lowest BCUT2D eigenvalue weighted by Crippen LogP contribution is -2.53. The number of aliphatic hydroxyl groups is 1. The molecule has 2 aliphatic heterocycles. The summed E-state index contributed by atoms with van der Waals surface area (Å²) in [7, 11) is 0. The van der Waals surface area contributed by atoms with Crippen molar-refractivity contribution in [1.82, 2.24) is 14.7 Å². The summed E-state index contributed by atoms with van der Waals surface area (Å²) in [5.74, 6) is 0. The van der Waals surface area contributed by atoms with Crippen LogP contribution in [0.3, 0.4) is 0 Å². The van der Waals surface area contributed by atoms with Crippen LogP contribution >= 0.6 is 0 Å². The second kappa shape index (κ2) is 4.17. The third-order valence-corrected chi connectivity index (χ3v) is 3.07. The molecule has 0 aliphatic carbocycles. The number of aliphatic hydroxyl groups excluding tert-OH is 1. The molecule has 2 aliphatic rings. The Morgan fingerprint density at radius 2 is 2.12 bits per heavy atom. The van der Waals surface area contributed by atoms with E-state index in [-0.39, 0.29) is 18.7 Å². The summed E-state index contributed by atoms with van der Waals surface area (Å²) in [4.78, 5) is 27.2. The van der Waals surface area contributed by atoms with Gasteiger partial charge in [-0.1, -0.05) is 0 Å². The number of amides is 3. The molecule has 16 heavy (non-hydrogen) atoms. The van der Waals surface area contributed by atoms with Crippen LogP contribution in [0.15, 0.2) is 0 Å². The number of carboxylic acid groups (broad SMARTS) is 1. The van der Waals surface area contributed by atoms with Gasteiger partial charge in [-0.05, 0) is 0 Å². The first-order chi connectivity index (χ1) is 7.63. The number of urea groups is 1. The maximum Gasteiger partial charge on any atom is 0.407 e. The van der Waals surface area contributed by atoms with Crippen LogP contribution in [0.25, 0.3) is 0 Å². The van der Waals surface area contributed by atoms with Gasteiger partial charge in [-0.2, -0.15) is 0 Å². The zero-order valence-electron chi connectivity index (χ0n) is 8.87. The van der Waals surface area contributed by atoms with Crippen LogP contribution in [0, 0.1) is 0 Å². The van der Waals surface area contributed by atoms with Crippen molar-refractivity contribution in [3.8, 4) is 0 Å². The highest BCUT2D eigenvalue weighted by atomic mass is 16.4. The van der Waals surface area contributed by atoms with E-state index in [0.29, 0.717) is 32.7 Å².